The number of hydrogen-bond donors (Lipinski definition) is 1. The lowest BCUT2D eigenvalue weighted by atomic mass is 9.97. The summed E-state index contributed by atoms with van der Waals surface area (Å²) in [5, 5.41) is 7.43. The van der Waals surface area contributed by atoms with Crippen LogP contribution in [-0.4, -0.2) is 35.7 Å². The Hall–Kier alpha value is -3.12. The lowest BCUT2D eigenvalue weighted by Gasteiger charge is -2.16. The van der Waals surface area contributed by atoms with Gasteiger partial charge in [-0.3, -0.25) is 4.79 Å². The number of hydrogen-bond acceptors (Lipinski definition) is 6. The maximum Gasteiger partial charge on any atom is 0.573 e. The average molecular weight is 545 g/mol. The van der Waals surface area contributed by atoms with Crippen LogP contribution in [0, 0.1) is 6.92 Å². The van der Waals surface area contributed by atoms with E-state index in [9.17, 15) is 26.4 Å². The van der Waals surface area contributed by atoms with E-state index in [1.807, 2.05) is 38.5 Å². The molecule has 1 N–H and O–H groups in total. The number of aromatic nitrogens is 3. The molecule has 194 valence electrons. The molecule has 0 fully saturated rings. The third-order valence-electron chi connectivity index (χ3n) is 5.33. The fourth-order valence-electron chi connectivity index (χ4n) is 3.47. The lowest BCUT2D eigenvalue weighted by molar-refractivity contribution is -0.274. The molecule has 0 aliphatic rings. The highest BCUT2D eigenvalue weighted by Gasteiger charge is 2.32. The van der Waals surface area contributed by atoms with Gasteiger partial charge in [0, 0.05) is 6.07 Å². The van der Waals surface area contributed by atoms with E-state index in [-0.39, 0.29) is 38.8 Å². The number of nitrogens with one attached hydrogen (secondary N) is 1. The quantitative estimate of drug-likeness (QED) is 0.422. The van der Waals surface area contributed by atoms with Crippen molar-refractivity contribution in [2.75, 3.05) is 0 Å². The smallest absolute Gasteiger partial charge is 0.406 e. The van der Waals surface area contributed by atoms with Crippen LogP contribution in [0.3, 0.4) is 0 Å². The molecule has 0 unspecified atom stereocenters. The molecule has 1 aromatic heterocycles. The van der Waals surface area contributed by atoms with Gasteiger partial charge in [-0.25, -0.2) is 17.8 Å². The number of carbonyl (C=O) groups is 1. The van der Waals surface area contributed by atoms with E-state index < -0.39 is 28.0 Å². The van der Waals surface area contributed by atoms with E-state index in [2.05, 4.69) is 15.0 Å². The lowest BCUT2D eigenvalue weighted by Crippen LogP contribution is -2.32. The number of rotatable bonds is 7. The summed E-state index contributed by atoms with van der Waals surface area (Å²) in [6.45, 7) is 8.98. The maximum absolute atomic E-state index is 13.2. The van der Waals surface area contributed by atoms with Crippen molar-refractivity contribution in [2.45, 2.75) is 57.7 Å². The van der Waals surface area contributed by atoms with Crippen molar-refractivity contribution in [1.29, 1.82) is 0 Å². The van der Waals surface area contributed by atoms with E-state index in [1.54, 1.807) is 12.1 Å². The first-order valence-corrected chi connectivity index (χ1v) is 12.7. The molecule has 2 aromatic carbocycles. The van der Waals surface area contributed by atoms with Gasteiger partial charge >= 0.3 is 6.36 Å². The Balaban J connectivity index is 1.93. The number of alkyl halides is 3. The van der Waals surface area contributed by atoms with Crippen LogP contribution in [-0.2, 0) is 10.0 Å². The Morgan fingerprint density at radius 1 is 1.08 bits per heavy atom. The molecule has 0 aliphatic heterocycles. The molecular formula is C23H24ClF3N4O4S. The molecule has 3 rings (SSSR count). The van der Waals surface area contributed by atoms with Gasteiger partial charge in [0.1, 0.15) is 5.75 Å². The molecule has 36 heavy (non-hydrogen) atoms. The third-order valence-corrected chi connectivity index (χ3v) is 7.02. The Kier molecular flexibility index (Phi) is 7.70. The van der Waals surface area contributed by atoms with Gasteiger partial charge in [-0.15, -0.1) is 18.3 Å². The van der Waals surface area contributed by atoms with E-state index in [0.717, 1.165) is 22.4 Å². The maximum atomic E-state index is 13.2. The van der Waals surface area contributed by atoms with Gasteiger partial charge in [-0.2, -0.15) is 0 Å². The second kappa shape index (κ2) is 10.1. The minimum absolute atomic E-state index is 0.00890. The second-order valence-electron chi connectivity index (χ2n) is 8.64. The van der Waals surface area contributed by atoms with Crippen LogP contribution in [0.2, 0.25) is 5.02 Å². The zero-order chi connectivity index (χ0) is 27.0. The van der Waals surface area contributed by atoms with Crippen LogP contribution in [0.1, 0.15) is 66.8 Å². The molecule has 0 bridgehead atoms. The summed E-state index contributed by atoms with van der Waals surface area (Å²) in [6.07, 6.45) is -4.89. The summed E-state index contributed by atoms with van der Waals surface area (Å²) in [6, 6.07) is 8.29. The van der Waals surface area contributed by atoms with Gasteiger partial charge < -0.3 is 4.74 Å². The van der Waals surface area contributed by atoms with E-state index in [1.165, 1.54) is 13.0 Å². The summed E-state index contributed by atoms with van der Waals surface area (Å²) < 4.78 is 70.7. The number of carbonyl (C=O) groups excluding carboxylic acids is 1. The summed E-state index contributed by atoms with van der Waals surface area (Å²) in [5.41, 5.74) is 1.28. The van der Waals surface area contributed by atoms with Crippen LogP contribution in [0.25, 0.3) is 5.69 Å². The van der Waals surface area contributed by atoms with Crippen molar-refractivity contribution < 1.29 is 31.1 Å². The molecule has 0 aliphatic carbocycles. The molecule has 0 saturated heterocycles. The summed E-state index contributed by atoms with van der Waals surface area (Å²) in [7, 11) is -4.27. The number of nitrogens with zero attached hydrogens (tertiary/aromatic N) is 3. The van der Waals surface area contributed by atoms with Crippen molar-refractivity contribution in [3.05, 3.63) is 63.9 Å². The number of benzene rings is 2. The normalized spacial score (nSPS) is 12.3. The summed E-state index contributed by atoms with van der Waals surface area (Å²) in [5.74, 6) is -1.61. The van der Waals surface area contributed by atoms with Gasteiger partial charge in [-0.05, 0) is 48.1 Å². The van der Waals surface area contributed by atoms with Gasteiger partial charge in [-0.1, -0.05) is 56.6 Å². The Morgan fingerprint density at radius 2 is 1.75 bits per heavy atom. The SMILES string of the molecule is Cc1c(C(=O)NS(=O)(=O)c2cc(C(C)C)ccc2C(C)C)nnn1-c1ccc(OC(F)(F)F)cc1Cl. The highest BCUT2D eigenvalue weighted by atomic mass is 35.5. The first-order valence-electron chi connectivity index (χ1n) is 10.8. The molecule has 3 aromatic rings. The summed E-state index contributed by atoms with van der Waals surface area (Å²) >= 11 is 6.10. The Bertz CT molecular complexity index is 1400. The molecule has 0 saturated carbocycles. The first kappa shape index (κ1) is 27.5. The standard InChI is InChI=1S/C23H24ClF3N4O4S/c1-12(2)15-6-8-17(13(3)4)20(10-15)36(33,34)29-22(32)21-14(5)31(30-28-21)19-9-7-16(11-18(19)24)35-23(25,26)27/h6-13H,1-5H3,(H,29,32). The van der Waals surface area contributed by atoms with Crippen molar-refractivity contribution in [3.8, 4) is 11.4 Å². The highest BCUT2D eigenvalue weighted by Crippen LogP contribution is 2.31. The van der Waals surface area contributed by atoms with Crippen LogP contribution in [0.15, 0.2) is 41.3 Å². The van der Waals surface area contributed by atoms with E-state index in [4.69, 9.17) is 11.6 Å². The minimum atomic E-state index is -4.89. The predicted octanol–water partition coefficient (Wildman–Crippen LogP) is 5.49. The average Bonchev–Trinajstić information content (AvgIpc) is 3.13. The minimum Gasteiger partial charge on any atom is -0.406 e. The zero-order valence-corrected chi connectivity index (χ0v) is 21.6. The van der Waals surface area contributed by atoms with Crippen molar-refractivity contribution in [3.63, 3.8) is 0 Å². The zero-order valence-electron chi connectivity index (χ0n) is 20.0. The third kappa shape index (κ3) is 5.98. The Morgan fingerprint density at radius 3 is 2.31 bits per heavy atom. The van der Waals surface area contributed by atoms with Crippen molar-refractivity contribution in [1.82, 2.24) is 19.7 Å². The van der Waals surface area contributed by atoms with Crippen LogP contribution in [0.5, 0.6) is 5.75 Å². The molecule has 1 heterocycles. The van der Waals surface area contributed by atoms with Gasteiger partial charge in [0.25, 0.3) is 15.9 Å². The van der Waals surface area contributed by atoms with Crippen LogP contribution in [0.4, 0.5) is 13.2 Å². The largest absolute Gasteiger partial charge is 0.573 e. The monoisotopic (exact) mass is 544 g/mol. The number of sulfonamides is 1. The van der Waals surface area contributed by atoms with Crippen molar-refractivity contribution >= 4 is 27.5 Å². The van der Waals surface area contributed by atoms with Crippen LogP contribution >= 0.6 is 11.6 Å². The van der Waals surface area contributed by atoms with E-state index >= 15 is 0 Å². The molecule has 0 spiro atoms. The first-order chi connectivity index (χ1) is 16.6. The van der Waals surface area contributed by atoms with Gasteiger partial charge in [0.05, 0.1) is 21.3 Å². The topological polar surface area (TPSA) is 103 Å². The highest BCUT2D eigenvalue weighted by molar-refractivity contribution is 7.90. The molecule has 0 radical (unpaired) electrons. The van der Waals surface area contributed by atoms with Crippen LogP contribution < -0.4 is 9.46 Å². The van der Waals surface area contributed by atoms with Crippen molar-refractivity contribution in [2.24, 2.45) is 0 Å². The predicted molar refractivity (Wildman–Crippen MR) is 127 cm³/mol. The van der Waals surface area contributed by atoms with E-state index in [0.29, 0.717) is 5.56 Å². The van der Waals surface area contributed by atoms with Gasteiger partial charge in [0.15, 0.2) is 5.69 Å². The second-order valence-corrected chi connectivity index (χ2v) is 10.7. The molecule has 8 nitrogen and oxygen atoms in total. The number of amides is 1. The molecule has 0 atom stereocenters. The van der Waals surface area contributed by atoms with Gasteiger partial charge in [0.2, 0.25) is 0 Å². The number of halogens is 4. The fraction of sp³-hybridized carbons (Fsp3) is 0.348. The Labute approximate surface area is 211 Å². The molecular weight excluding hydrogens is 521 g/mol. The molecule has 1 amide bonds. The number of ether oxygens (including phenoxy) is 1. The fourth-order valence-corrected chi connectivity index (χ4v) is 5.08. The summed E-state index contributed by atoms with van der Waals surface area (Å²) in [4.78, 5) is 12.9. The molecule has 13 heteroatoms.